The number of amides is 1. The summed E-state index contributed by atoms with van der Waals surface area (Å²) >= 11 is 0. The zero-order valence-electron chi connectivity index (χ0n) is 6.80. The van der Waals surface area contributed by atoms with E-state index in [9.17, 15) is 9.59 Å². The molecule has 0 aliphatic carbocycles. The van der Waals surface area contributed by atoms with Crippen LogP contribution in [0.15, 0.2) is 12.7 Å². The quantitative estimate of drug-likeness (QED) is 0.532. The van der Waals surface area contributed by atoms with Gasteiger partial charge < -0.3 is 10.6 Å². The first-order valence-electron chi connectivity index (χ1n) is 3.90. The maximum absolute atomic E-state index is 11.1. The highest BCUT2D eigenvalue weighted by Crippen LogP contribution is 1.97. The van der Waals surface area contributed by atoms with E-state index in [1.165, 1.54) is 6.08 Å². The van der Waals surface area contributed by atoms with Gasteiger partial charge in [-0.15, -0.1) is 0 Å². The van der Waals surface area contributed by atoms with Gasteiger partial charge in [-0.3, -0.25) is 9.59 Å². The number of carbonyl (C=O) groups is 2. The summed E-state index contributed by atoms with van der Waals surface area (Å²) in [7, 11) is 0. The van der Waals surface area contributed by atoms with Gasteiger partial charge in [0, 0.05) is 0 Å². The highest BCUT2D eigenvalue weighted by Gasteiger charge is 2.22. The van der Waals surface area contributed by atoms with Gasteiger partial charge >= 0.3 is 0 Å². The molecule has 1 aliphatic rings. The lowest BCUT2D eigenvalue weighted by molar-refractivity contribution is -0.126. The molecule has 0 spiro atoms. The summed E-state index contributed by atoms with van der Waals surface area (Å²) in [5.74, 6) is -0.244. The minimum absolute atomic E-state index is 0.0384. The molecule has 1 amide bonds. The van der Waals surface area contributed by atoms with Crippen LogP contribution in [-0.2, 0) is 9.59 Å². The van der Waals surface area contributed by atoms with Gasteiger partial charge in [0.25, 0.3) is 0 Å². The second kappa shape index (κ2) is 4.01. The summed E-state index contributed by atoms with van der Waals surface area (Å²) in [6, 6.07) is -0.322. The first-order valence-corrected chi connectivity index (χ1v) is 3.90. The molecule has 1 rings (SSSR count). The van der Waals surface area contributed by atoms with Gasteiger partial charge in [-0.25, -0.2) is 0 Å². The van der Waals surface area contributed by atoms with Crippen molar-refractivity contribution in [2.24, 2.45) is 0 Å². The highest BCUT2D eigenvalue weighted by atomic mass is 16.2. The van der Waals surface area contributed by atoms with Crippen LogP contribution >= 0.6 is 0 Å². The van der Waals surface area contributed by atoms with Gasteiger partial charge in [-0.1, -0.05) is 6.58 Å². The van der Waals surface area contributed by atoms with E-state index in [0.29, 0.717) is 13.0 Å². The van der Waals surface area contributed by atoms with Crippen LogP contribution in [-0.4, -0.2) is 30.8 Å². The van der Waals surface area contributed by atoms with E-state index in [0.717, 1.165) is 6.54 Å². The average molecular weight is 168 g/mol. The normalized spacial score (nSPS) is 23.3. The predicted octanol–water partition coefficient (Wildman–Crippen LogP) is -0.780. The topological polar surface area (TPSA) is 58.2 Å². The molecule has 4 heteroatoms. The van der Waals surface area contributed by atoms with Gasteiger partial charge in [-0.05, 0) is 19.0 Å². The van der Waals surface area contributed by atoms with E-state index in [4.69, 9.17) is 0 Å². The molecule has 2 N–H and O–H groups in total. The Morgan fingerprint density at radius 3 is 3.08 bits per heavy atom. The number of piperidine rings is 1. The van der Waals surface area contributed by atoms with Crippen LogP contribution in [0.5, 0.6) is 0 Å². The molecule has 1 atom stereocenters. The fourth-order valence-electron chi connectivity index (χ4n) is 1.13. The molecule has 1 heterocycles. The number of rotatable bonds is 2. The fourth-order valence-corrected chi connectivity index (χ4v) is 1.13. The Morgan fingerprint density at radius 2 is 2.50 bits per heavy atom. The fraction of sp³-hybridized carbons (Fsp3) is 0.500. The van der Waals surface area contributed by atoms with Crippen molar-refractivity contribution < 1.29 is 9.59 Å². The summed E-state index contributed by atoms with van der Waals surface area (Å²) < 4.78 is 0. The molecule has 0 bridgehead atoms. The Kier molecular flexibility index (Phi) is 2.99. The second-order valence-electron chi connectivity index (χ2n) is 2.70. The molecular formula is C8H12N2O2. The van der Waals surface area contributed by atoms with Gasteiger partial charge in [-0.2, -0.15) is 0 Å². The molecule has 0 aromatic heterocycles. The minimum Gasteiger partial charge on any atom is -0.343 e. The standard InChI is InChI=1S/C8H12N2O2/c1-2-8(12)10-6-3-4-9-5-7(6)11/h2,6,9H,1,3-5H2,(H,10,12). The largest absolute Gasteiger partial charge is 0.343 e. The molecule has 1 saturated heterocycles. The minimum atomic E-state index is -0.322. The van der Waals surface area contributed by atoms with Crippen LogP contribution in [0.25, 0.3) is 0 Å². The lowest BCUT2D eigenvalue weighted by atomic mass is 10.1. The average Bonchev–Trinajstić information content (AvgIpc) is 2.09. The predicted molar refractivity (Wildman–Crippen MR) is 44.6 cm³/mol. The van der Waals surface area contributed by atoms with E-state index in [1.54, 1.807) is 0 Å². The third kappa shape index (κ3) is 2.17. The Morgan fingerprint density at radius 1 is 1.75 bits per heavy atom. The molecule has 66 valence electrons. The zero-order valence-corrected chi connectivity index (χ0v) is 6.80. The molecule has 4 nitrogen and oxygen atoms in total. The number of hydrogen-bond acceptors (Lipinski definition) is 3. The summed E-state index contributed by atoms with van der Waals surface area (Å²) in [4.78, 5) is 22.0. The van der Waals surface area contributed by atoms with E-state index in [2.05, 4.69) is 17.2 Å². The Bertz CT molecular complexity index is 213. The van der Waals surface area contributed by atoms with Gasteiger partial charge in [0.05, 0.1) is 12.6 Å². The number of hydrogen-bond donors (Lipinski definition) is 2. The number of carbonyl (C=O) groups excluding carboxylic acids is 2. The van der Waals surface area contributed by atoms with Crippen molar-refractivity contribution in [3.05, 3.63) is 12.7 Å². The first-order chi connectivity index (χ1) is 5.74. The third-order valence-electron chi connectivity index (χ3n) is 1.80. The molecule has 1 fully saturated rings. The second-order valence-corrected chi connectivity index (χ2v) is 2.70. The van der Waals surface area contributed by atoms with Crippen molar-refractivity contribution >= 4 is 11.7 Å². The monoisotopic (exact) mass is 168 g/mol. The maximum Gasteiger partial charge on any atom is 0.243 e. The van der Waals surface area contributed by atoms with Crippen LogP contribution in [0.4, 0.5) is 0 Å². The van der Waals surface area contributed by atoms with Crippen molar-refractivity contribution in [3.63, 3.8) is 0 Å². The van der Waals surface area contributed by atoms with E-state index in [1.807, 2.05) is 0 Å². The first kappa shape index (κ1) is 8.93. The lowest BCUT2D eigenvalue weighted by Gasteiger charge is -2.21. The Balaban J connectivity index is 2.44. The van der Waals surface area contributed by atoms with Gasteiger partial charge in [0.2, 0.25) is 5.91 Å². The summed E-state index contributed by atoms with van der Waals surface area (Å²) in [5.41, 5.74) is 0. The molecule has 1 aliphatic heterocycles. The van der Waals surface area contributed by atoms with Crippen LogP contribution in [0, 0.1) is 0 Å². The number of Topliss-reactive ketones (excluding diaryl/α,β-unsaturated/α-hetero) is 1. The van der Waals surface area contributed by atoms with Crippen LogP contribution < -0.4 is 10.6 Å². The number of ketones is 1. The summed E-state index contributed by atoms with van der Waals surface area (Å²) in [6.07, 6.45) is 1.84. The molecular weight excluding hydrogens is 156 g/mol. The molecule has 12 heavy (non-hydrogen) atoms. The van der Waals surface area contributed by atoms with Crippen LogP contribution in [0.2, 0.25) is 0 Å². The number of nitrogens with one attached hydrogen (secondary N) is 2. The van der Waals surface area contributed by atoms with E-state index in [-0.39, 0.29) is 17.7 Å². The van der Waals surface area contributed by atoms with Crippen molar-refractivity contribution in [2.45, 2.75) is 12.5 Å². The van der Waals surface area contributed by atoms with Crippen LogP contribution in [0.1, 0.15) is 6.42 Å². The smallest absolute Gasteiger partial charge is 0.243 e. The molecule has 0 radical (unpaired) electrons. The zero-order chi connectivity index (χ0) is 8.97. The molecule has 0 aromatic carbocycles. The van der Waals surface area contributed by atoms with Gasteiger partial charge in [0.15, 0.2) is 5.78 Å². The van der Waals surface area contributed by atoms with Crippen molar-refractivity contribution in [1.29, 1.82) is 0 Å². The maximum atomic E-state index is 11.1. The van der Waals surface area contributed by atoms with Crippen molar-refractivity contribution in [3.8, 4) is 0 Å². The molecule has 1 unspecified atom stereocenters. The van der Waals surface area contributed by atoms with E-state index < -0.39 is 0 Å². The SMILES string of the molecule is C=CC(=O)NC1CCNCC1=O. The summed E-state index contributed by atoms with van der Waals surface area (Å²) in [6.45, 7) is 4.43. The van der Waals surface area contributed by atoms with E-state index >= 15 is 0 Å². The van der Waals surface area contributed by atoms with Crippen LogP contribution in [0.3, 0.4) is 0 Å². The summed E-state index contributed by atoms with van der Waals surface area (Å²) in [5, 5.41) is 5.50. The highest BCUT2D eigenvalue weighted by molar-refractivity contribution is 5.94. The third-order valence-corrected chi connectivity index (χ3v) is 1.80. The Labute approximate surface area is 71.0 Å². The van der Waals surface area contributed by atoms with Crippen molar-refractivity contribution in [1.82, 2.24) is 10.6 Å². The van der Waals surface area contributed by atoms with Gasteiger partial charge in [0.1, 0.15) is 0 Å². The molecule has 0 saturated carbocycles. The molecule has 0 aromatic rings. The lowest BCUT2D eigenvalue weighted by Crippen LogP contribution is -2.49. The van der Waals surface area contributed by atoms with Crippen molar-refractivity contribution in [2.75, 3.05) is 13.1 Å². The Hall–Kier alpha value is -1.16.